The number of amides is 16. The summed E-state index contributed by atoms with van der Waals surface area (Å²) in [5.74, 6) is -21.7. The maximum absolute atomic E-state index is 15.1. The Labute approximate surface area is 966 Å². The van der Waals surface area contributed by atoms with Gasteiger partial charge >= 0.3 is 118 Å². The minimum absolute atomic E-state index is 0. The van der Waals surface area contributed by atoms with E-state index in [4.69, 9.17) is 0 Å². The molecule has 40 nitrogen and oxygen atoms in total. The fraction of sp³-hybridized carbons (Fsp3) is 0.808. The second-order valence-electron chi connectivity index (χ2n) is 39.2. The summed E-state index contributed by atoms with van der Waals surface area (Å²) in [6, 6.07) is -9.90. The number of unbranched alkanes of at least 4 members (excludes halogenated alkanes) is 32. The number of nitrogens with zero attached hydrogens (tertiary/aromatic N) is 4. The van der Waals surface area contributed by atoms with E-state index in [0.29, 0.717) is 51.4 Å². The van der Waals surface area contributed by atoms with Crippen molar-refractivity contribution in [3.05, 3.63) is 0 Å². The van der Waals surface area contributed by atoms with Crippen LogP contribution in [0.25, 0.3) is 0 Å². The van der Waals surface area contributed by atoms with Crippen LogP contribution in [0.15, 0.2) is 0 Å². The van der Waals surface area contributed by atoms with Crippen molar-refractivity contribution in [1.29, 1.82) is 0 Å². The van der Waals surface area contributed by atoms with Crippen LogP contribution in [-0.4, -0.2) is 265 Å². The number of likely N-dealkylation sites (tertiary alicyclic amines) is 4. The molecule has 0 aromatic heterocycles. The van der Waals surface area contributed by atoms with Crippen LogP contribution < -0.4 is 202 Å². The molecule has 16 amide bonds. The normalized spacial score (nSPS) is 16.2. The molecule has 4 aliphatic heterocycles. The zero-order valence-corrected chi connectivity index (χ0v) is 98.9. The Bertz CT molecular complexity index is 3730. The maximum atomic E-state index is 15.1. The average molecular weight is 2120 g/mol. The van der Waals surface area contributed by atoms with E-state index < -0.39 is 272 Å². The van der Waals surface area contributed by atoms with E-state index in [0.717, 1.165) is 154 Å². The summed E-state index contributed by atoms with van der Waals surface area (Å²) >= 11 is 0. The zero-order chi connectivity index (χ0) is 106. The minimum Gasteiger partial charge on any atom is -0.550 e. The van der Waals surface area contributed by atoms with Crippen molar-refractivity contribution >= 4 is 118 Å². The Balaban J connectivity index is 0.0000540. The van der Waals surface area contributed by atoms with E-state index in [9.17, 15) is 107 Å². The predicted molar refractivity (Wildman–Crippen MR) is 531 cm³/mol. The molecule has 12 N–H and O–H groups in total. The second-order valence-corrected chi connectivity index (χ2v) is 39.2. The summed E-state index contributed by atoms with van der Waals surface area (Å²) in [6.07, 6.45) is 33.9. The maximum Gasteiger partial charge on any atom is 1.00 e. The fourth-order valence-electron chi connectivity index (χ4n) is 19.1. The topological polar surface area (TPSA) is 591 Å². The van der Waals surface area contributed by atoms with E-state index in [-0.39, 0.29) is 219 Å². The van der Waals surface area contributed by atoms with Crippen LogP contribution in [0.1, 0.15) is 400 Å². The molecule has 4 saturated heterocycles. The molecule has 10 unspecified atom stereocenters. The van der Waals surface area contributed by atoms with Crippen LogP contribution >= 0.6 is 0 Å². The molecule has 818 valence electrons. The summed E-state index contributed by atoms with van der Waals surface area (Å²) in [4.78, 5) is 279. The number of nitrogens with one attached hydrogen (secondary N) is 12. The predicted octanol–water partition coefficient (Wildman–Crippen LogP) is -8.35. The molecule has 4 fully saturated rings. The Morgan fingerprint density at radius 3 is 0.581 bits per heavy atom. The molecule has 0 aromatic rings. The van der Waals surface area contributed by atoms with Gasteiger partial charge in [0.15, 0.2) is 0 Å². The van der Waals surface area contributed by atoms with Gasteiger partial charge in [-0.2, -0.15) is 0 Å². The quantitative estimate of drug-likeness (QED) is 0.0199. The summed E-state index contributed by atoms with van der Waals surface area (Å²) in [5, 5.41) is 78.3. The molecular weight excluding hydrogens is 1950 g/mol. The molecule has 4 rings (SSSR count). The second kappa shape index (κ2) is 86.7. The van der Waals surface area contributed by atoms with Crippen LogP contribution in [0.2, 0.25) is 0 Å². The Morgan fingerprint density at radius 2 is 0.399 bits per heavy atom. The van der Waals surface area contributed by atoms with Crippen molar-refractivity contribution in [2.75, 3.05) is 78.5 Å². The van der Waals surface area contributed by atoms with E-state index in [1.165, 1.54) is 71.0 Å². The monoisotopic (exact) mass is 2120 g/mol. The Hall–Kier alpha value is -6.60. The number of aliphatic carboxylic acids is 4. The van der Waals surface area contributed by atoms with E-state index >= 15 is 9.59 Å². The molecule has 0 aliphatic carbocycles. The molecule has 44 heteroatoms. The van der Waals surface area contributed by atoms with Crippen molar-refractivity contribution in [1.82, 2.24) is 83.4 Å². The number of hydrogen-bond acceptors (Lipinski definition) is 24. The van der Waals surface area contributed by atoms with Gasteiger partial charge in [-0.05, 0) is 128 Å². The minimum atomic E-state index is -1.91. The van der Waals surface area contributed by atoms with Crippen molar-refractivity contribution < 1.29 is 235 Å². The van der Waals surface area contributed by atoms with Gasteiger partial charge in [0.25, 0.3) is 0 Å². The van der Waals surface area contributed by atoms with Gasteiger partial charge in [-0.25, -0.2) is 0 Å². The average Bonchev–Trinajstić information content (AvgIpc) is 1.75. The molecule has 10 atom stereocenters. The molecule has 4 heterocycles. The molecule has 0 saturated carbocycles. The molecule has 0 aromatic carbocycles. The number of carboxylic acid groups (broad SMARTS) is 4. The SMILES string of the molecule is CCCCCCCCCCCC(=O)N1CCCC1C(=O)NC(CCC(=O)[O-])C(=O)NCCNC(=O)CC(C(=O)NCCNC(=O)C(CCC(=O)[O-])NC(=O)C1CCCN1C(=O)CCCCCCCCCCC)C(CC(=O)NCCNC(=O)C(CCC(=O)[O-])NC(=O)C1CCCN1C(=O)CCCCCCCCCCC)C(=O)NCCNC(=O)C(CCC(=O)[O-])NC(=O)C1CCCN1C(=O)CCCCCCCCCCC.[Na+].[Na+].[Na+].[Na+]. The standard InChI is InChI=1S/C104H178N16O24.4Na/c1-5-9-13-17-21-25-29-33-37-49-87(123)117-69-41-45-81(117)101(141)113-77(53-57-91(127)128)97(137)109-63-61-105-85(121)73-75(95(135)107-65-67-111-99(139)79(55-59-93(131)132)115-103(143)83-47-43-71-119(83)89(125)51-39-35-31-27-23-19-15-11-7-3)76(96(136)108-66-68-112-100(140)80(56-60-94(133)134)116-104(144)84-48-44-72-120(84)90(126)52-40-36-32-28-24-20-16-12-8-4)74-86(122)106-62-64-110-98(138)78(54-58-92(129)130)114-102(142)82-46-42-70-118(82)88(124)50-38-34-30-26-22-18-14-10-6-2;;;;/h75-84H,5-74H2,1-4H3,(H,105,121)(H,106,122)(H,107,135)(H,108,136)(H,109,137)(H,110,138)(H,111,139)(H,112,140)(H,113,141)(H,114,142)(H,115,143)(H,116,144)(H,127,128)(H,129,130)(H,131,132)(H,133,134);;;;/q;4*+1/p-4. The zero-order valence-electron chi connectivity index (χ0n) is 90.9. The number of carboxylic acids is 4. The van der Waals surface area contributed by atoms with Gasteiger partial charge in [-0.1, -0.05) is 233 Å². The summed E-state index contributed by atoms with van der Waals surface area (Å²) in [5.41, 5.74) is 0. The van der Waals surface area contributed by atoms with Crippen molar-refractivity contribution in [3.63, 3.8) is 0 Å². The third-order valence-electron chi connectivity index (χ3n) is 27.5. The summed E-state index contributed by atoms with van der Waals surface area (Å²) in [6.45, 7) is 5.99. The first-order valence-corrected chi connectivity index (χ1v) is 54.7. The number of carbonyl (C=O) groups is 20. The molecule has 148 heavy (non-hydrogen) atoms. The summed E-state index contributed by atoms with van der Waals surface area (Å²) in [7, 11) is 0. The number of hydrogen-bond donors (Lipinski definition) is 12. The number of rotatable bonds is 83. The molecular formula is C104H174N16Na4O24. The van der Waals surface area contributed by atoms with Gasteiger partial charge < -0.3 is 123 Å². The third-order valence-corrected chi connectivity index (χ3v) is 27.5. The Morgan fingerprint density at radius 1 is 0.230 bits per heavy atom. The van der Waals surface area contributed by atoms with Crippen LogP contribution in [0.4, 0.5) is 0 Å². The third kappa shape index (κ3) is 60.9. The van der Waals surface area contributed by atoms with Crippen LogP contribution in [0, 0.1) is 11.8 Å². The van der Waals surface area contributed by atoms with Crippen molar-refractivity contribution in [2.24, 2.45) is 11.8 Å². The van der Waals surface area contributed by atoms with Crippen molar-refractivity contribution in [2.45, 2.75) is 448 Å². The first kappa shape index (κ1) is 141. The van der Waals surface area contributed by atoms with Gasteiger partial charge in [-0.15, -0.1) is 0 Å². The van der Waals surface area contributed by atoms with E-state index in [1.807, 2.05) is 0 Å². The van der Waals surface area contributed by atoms with Gasteiger partial charge in [0.05, 0.1) is 11.8 Å². The van der Waals surface area contributed by atoms with E-state index in [2.05, 4.69) is 91.5 Å². The van der Waals surface area contributed by atoms with Gasteiger partial charge in [0, 0.05) is 141 Å². The first-order chi connectivity index (χ1) is 69.3. The van der Waals surface area contributed by atoms with E-state index in [1.54, 1.807) is 0 Å². The van der Waals surface area contributed by atoms with Crippen LogP contribution in [-0.2, 0) is 95.9 Å². The van der Waals surface area contributed by atoms with Crippen LogP contribution in [0.3, 0.4) is 0 Å². The fourth-order valence-corrected chi connectivity index (χ4v) is 19.1. The van der Waals surface area contributed by atoms with Gasteiger partial charge in [0.1, 0.15) is 48.3 Å². The summed E-state index contributed by atoms with van der Waals surface area (Å²) < 4.78 is 0. The number of carbonyl (C=O) groups excluding carboxylic acids is 20. The molecule has 4 aliphatic rings. The molecule has 0 bridgehead atoms. The smallest absolute Gasteiger partial charge is 0.550 e. The van der Waals surface area contributed by atoms with Crippen LogP contribution in [0.5, 0.6) is 0 Å². The molecule has 0 radical (unpaired) electrons. The van der Waals surface area contributed by atoms with Crippen molar-refractivity contribution in [3.8, 4) is 0 Å². The van der Waals surface area contributed by atoms with Gasteiger partial charge in [-0.3, -0.25) is 76.7 Å². The largest absolute Gasteiger partial charge is 1.00 e. The Kier molecular flexibility index (Phi) is 82.8. The van der Waals surface area contributed by atoms with Gasteiger partial charge in [0.2, 0.25) is 94.5 Å². The first-order valence-electron chi connectivity index (χ1n) is 54.7. The molecule has 0 spiro atoms.